The lowest BCUT2D eigenvalue weighted by atomic mass is 9.81. The van der Waals surface area contributed by atoms with Crippen molar-refractivity contribution in [2.24, 2.45) is 12.5 Å². The lowest BCUT2D eigenvalue weighted by Gasteiger charge is -2.29. The molecule has 0 spiro atoms. The summed E-state index contributed by atoms with van der Waals surface area (Å²) in [6, 6.07) is 18.3. The number of carbonyl (C=O) groups is 1. The number of aryl methyl sites for hydroxylation is 1. The molecule has 1 atom stereocenters. The van der Waals surface area contributed by atoms with Gasteiger partial charge in [0.2, 0.25) is 5.91 Å². The fraction of sp³-hybridized carbons (Fsp3) is 0.360. The molecule has 1 amide bonds. The van der Waals surface area contributed by atoms with Gasteiger partial charge in [-0.2, -0.15) is 4.80 Å². The van der Waals surface area contributed by atoms with E-state index in [0.29, 0.717) is 23.7 Å². The fourth-order valence-electron chi connectivity index (χ4n) is 4.56. The van der Waals surface area contributed by atoms with Crippen LogP contribution in [-0.2, 0) is 18.3 Å². The first-order valence-electron chi connectivity index (χ1n) is 11.0. The predicted octanol–water partition coefficient (Wildman–Crippen LogP) is 4.98. The first-order valence-corrected chi connectivity index (χ1v) is 11.4. The van der Waals surface area contributed by atoms with Gasteiger partial charge in [-0.15, -0.1) is 10.2 Å². The third kappa shape index (κ3) is 5.07. The van der Waals surface area contributed by atoms with Gasteiger partial charge in [0, 0.05) is 11.5 Å². The molecule has 0 bridgehead atoms. The molecule has 0 saturated heterocycles. The zero-order chi connectivity index (χ0) is 22.6. The van der Waals surface area contributed by atoms with Gasteiger partial charge >= 0.3 is 0 Å². The minimum atomic E-state index is -0.504. The summed E-state index contributed by atoms with van der Waals surface area (Å²) in [5, 5.41) is 16.3. The number of hydrogen-bond donors (Lipinski definition) is 1. The molecule has 1 aliphatic rings. The maximum Gasteiger partial charge on any atom is 0.227 e. The Bertz CT molecular complexity index is 1070. The second-order valence-corrected chi connectivity index (χ2v) is 9.15. The highest BCUT2D eigenvalue weighted by molar-refractivity contribution is 6.29. The van der Waals surface area contributed by atoms with E-state index >= 15 is 0 Å². The van der Waals surface area contributed by atoms with Crippen LogP contribution in [0.5, 0.6) is 0 Å². The van der Waals surface area contributed by atoms with Gasteiger partial charge in [-0.1, -0.05) is 85.6 Å². The number of allylic oxidation sites excluding steroid dienone is 1. The van der Waals surface area contributed by atoms with E-state index in [0.717, 1.165) is 36.8 Å². The molecule has 1 unspecified atom stereocenters. The quantitative estimate of drug-likeness (QED) is 0.526. The third-order valence-corrected chi connectivity index (χ3v) is 6.35. The average molecular weight is 450 g/mol. The topological polar surface area (TPSA) is 72.7 Å². The minimum absolute atomic E-state index is 0.00448. The zero-order valence-corrected chi connectivity index (χ0v) is 19.1. The maximum absolute atomic E-state index is 13.4. The first kappa shape index (κ1) is 22.2. The highest BCUT2D eigenvalue weighted by atomic mass is 35.5. The molecule has 1 N–H and O–H groups in total. The Morgan fingerprint density at radius 2 is 1.78 bits per heavy atom. The molecule has 4 rings (SSSR count). The molecule has 32 heavy (non-hydrogen) atoms. The largest absolute Gasteiger partial charge is 0.345 e. The molecule has 1 aromatic heterocycles. The summed E-state index contributed by atoms with van der Waals surface area (Å²) in [4.78, 5) is 14.8. The van der Waals surface area contributed by atoms with Crippen LogP contribution < -0.4 is 5.32 Å². The van der Waals surface area contributed by atoms with Crippen LogP contribution in [0.3, 0.4) is 0 Å². The van der Waals surface area contributed by atoms with Gasteiger partial charge in [-0.3, -0.25) is 4.79 Å². The number of tetrazole rings is 1. The summed E-state index contributed by atoms with van der Waals surface area (Å²) in [5.41, 5.74) is 2.91. The van der Waals surface area contributed by atoms with Crippen LogP contribution in [-0.4, -0.2) is 26.1 Å². The number of aromatic nitrogens is 4. The fourth-order valence-corrected chi connectivity index (χ4v) is 4.81. The monoisotopic (exact) mass is 449 g/mol. The Morgan fingerprint density at radius 1 is 1.12 bits per heavy atom. The molecular formula is C25H28ClN5O. The van der Waals surface area contributed by atoms with Crippen LogP contribution in [0.15, 0.2) is 66.2 Å². The van der Waals surface area contributed by atoms with Gasteiger partial charge in [-0.05, 0) is 41.2 Å². The maximum atomic E-state index is 13.4. The number of nitrogens with one attached hydrogen (secondary N) is 1. The molecule has 1 fully saturated rings. The third-order valence-electron chi connectivity index (χ3n) is 6.21. The van der Waals surface area contributed by atoms with Gasteiger partial charge in [0.15, 0.2) is 5.82 Å². The molecule has 0 aliphatic heterocycles. The van der Waals surface area contributed by atoms with Crippen LogP contribution in [0.4, 0.5) is 0 Å². The second kappa shape index (κ2) is 9.65. The molecule has 6 nitrogen and oxygen atoms in total. The number of rotatable bonds is 8. The van der Waals surface area contributed by atoms with Gasteiger partial charge < -0.3 is 5.32 Å². The molecule has 7 heteroatoms. The second-order valence-electron chi connectivity index (χ2n) is 8.61. The lowest BCUT2D eigenvalue weighted by Crippen LogP contribution is -2.42. The van der Waals surface area contributed by atoms with E-state index in [1.807, 2.05) is 18.2 Å². The standard InChI is InChI=1S/C25H28ClN5O/c1-18(26)17-25(14-6-7-15-25)24(32)27-22(23-28-30-31(2)29-23)16-19-10-12-21(13-11-19)20-8-4-3-5-9-20/h3-5,8-13,22H,1,6-7,14-17H2,2H3,(H,27,32). The van der Waals surface area contributed by atoms with Crippen molar-refractivity contribution in [3.8, 4) is 11.1 Å². The average Bonchev–Trinajstić information content (AvgIpc) is 3.44. The predicted molar refractivity (Wildman–Crippen MR) is 126 cm³/mol. The van der Waals surface area contributed by atoms with Crippen molar-refractivity contribution < 1.29 is 4.79 Å². The van der Waals surface area contributed by atoms with Crippen LogP contribution in [0, 0.1) is 5.41 Å². The van der Waals surface area contributed by atoms with Crippen LogP contribution in [0.25, 0.3) is 11.1 Å². The minimum Gasteiger partial charge on any atom is -0.345 e. The van der Waals surface area contributed by atoms with Crippen molar-refractivity contribution in [2.45, 2.75) is 44.6 Å². The smallest absolute Gasteiger partial charge is 0.227 e. The molecule has 166 valence electrons. The van der Waals surface area contributed by atoms with E-state index in [2.05, 4.69) is 63.7 Å². The van der Waals surface area contributed by atoms with E-state index in [1.54, 1.807) is 7.05 Å². The van der Waals surface area contributed by atoms with Crippen LogP contribution >= 0.6 is 11.6 Å². The Labute approximate surface area is 193 Å². The van der Waals surface area contributed by atoms with Crippen LogP contribution in [0.2, 0.25) is 0 Å². The highest BCUT2D eigenvalue weighted by Crippen LogP contribution is 2.44. The highest BCUT2D eigenvalue weighted by Gasteiger charge is 2.42. The van der Waals surface area contributed by atoms with Gasteiger partial charge in [0.1, 0.15) is 0 Å². The van der Waals surface area contributed by atoms with E-state index in [-0.39, 0.29) is 11.9 Å². The van der Waals surface area contributed by atoms with Crippen molar-refractivity contribution in [2.75, 3.05) is 0 Å². The molecule has 1 saturated carbocycles. The zero-order valence-electron chi connectivity index (χ0n) is 18.3. The summed E-state index contributed by atoms with van der Waals surface area (Å²) in [5.74, 6) is 0.501. The number of halogens is 1. The summed E-state index contributed by atoms with van der Waals surface area (Å²) >= 11 is 6.13. The number of benzene rings is 2. The van der Waals surface area contributed by atoms with E-state index in [9.17, 15) is 4.79 Å². The number of nitrogens with zero attached hydrogens (tertiary/aromatic N) is 4. The Kier molecular flexibility index (Phi) is 6.70. The summed E-state index contributed by atoms with van der Waals surface area (Å²) in [6.45, 7) is 3.84. The Balaban J connectivity index is 1.55. The summed E-state index contributed by atoms with van der Waals surface area (Å²) in [6.07, 6.45) is 4.74. The van der Waals surface area contributed by atoms with E-state index in [4.69, 9.17) is 11.6 Å². The van der Waals surface area contributed by atoms with Gasteiger partial charge in [0.25, 0.3) is 0 Å². The van der Waals surface area contributed by atoms with Crippen molar-refractivity contribution in [3.63, 3.8) is 0 Å². The van der Waals surface area contributed by atoms with Gasteiger partial charge in [-0.25, -0.2) is 0 Å². The van der Waals surface area contributed by atoms with E-state index < -0.39 is 5.41 Å². The van der Waals surface area contributed by atoms with Gasteiger partial charge in [0.05, 0.1) is 18.5 Å². The van der Waals surface area contributed by atoms with E-state index in [1.165, 1.54) is 10.4 Å². The SMILES string of the molecule is C=C(Cl)CC1(C(=O)NC(Cc2ccc(-c3ccccc3)cc2)c2nnn(C)n2)CCCC1. The number of hydrogen-bond acceptors (Lipinski definition) is 4. The number of carbonyl (C=O) groups excluding carboxylic acids is 1. The molecular weight excluding hydrogens is 422 g/mol. The molecule has 2 aromatic carbocycles. The van der Waals surface area contributed by atoms with Crippen molar-refractivity contribution in [3.05, 3.63) is 77.6 Å². The lowest BCUT2D eigenvalue weighted by molar-refractivity contribution is -0.131. The molecule has 0 radical (unpaired) electrons. The number of amides is 1. The molecule has 1 aliphatic carbocycles. The van der Waals surface area contributed by atoms with Crippen molar-refractivity contribution in [1.29, 1.82) is 0 Å². The first-order chi connectivity index (χ1) is 15.4. The Morgan fingerprint density at radius 3 is 2.38 bits per heavy atom. The summed E-state index contributed by atoms with van der Waals surface area (Å²) < 4.78 is 0. The molecule has 3 aromatic rings. The van der Waals surface area contributed by atoms with Crippen molar-refractivity contribution >= 4 is 17.5 Å². The van der Waals surface area contributed by atoms with Crippen LogP contribution in [0.1, 0.15) is 49.5 Å². The Hall–Kier alpha value is -2.99. The summed E-state index contributed by atoms with van der Waals surface area (Å²) in [7, 11) is 1.72. The normalized spacial score (nSPS) is 15.9. The van der Waals surface area contributed by atoms with Crippen molar-refractivity contribution in [1.82, 2.24) is 25.5 Å². The molecule has 1 heterocycles.